The van der Waals surface area contributed by atoms with Crippen LogP contribution in [0.15, 0.2) is 24.3 Å². The van der Waals surface area contributed by atoms with Gasteiger partial charge in [0.25, 0.3) is 0 Å². The van der Waals surface area contributed by atoms with Crippen LogP contribution in [0.1, 0.15) is 22.3 Å². The second kappa shape index (κ2) is 2.43. The Balaban J connectivity index is 2.73. The summed E-state index contributed by atoms with van der Waals surface area (Å²) in [6, 6.07) is 7.13. The first-order valence-corrected chi connectivity index (χ1v) is 3.69. The summed E-state index contributed by atoms with van der Waals surface area (Å²) in [5, 5.41) is 0. The summed E-state index contributed by atoms with van der Waals surface area (Å²) in [6.45, 7) is 0. The van der Waals surface area contributed by atoms with Crippen molar-refractivity contribution in [3.63, 3.8) is 0 Å². The van der Waals surface area contributed by atoms with Crippen LogP contribution in [0.3, 0.4) is 0 Å². The zero-order chi connectivity index (χ0) is 8.55. The van der Waals surface area contributed by atoms with Crippen LogP contribution in [-0.4, -0.2) is 11.7 Å². The monoisotopic (exact) mass is 158 g/mol. The molecule has 0 radical (unpaired) electrons. The molecule has 1 aromatic carbocycles. The maximum Gasteiger partial charge on any atom is 0.168 e. The summed E-state index contributed by atoms with van der Waals surface area (Å²) in [4.78, 5) is 21.6. The van der Waals surface area contributed by atoms with Crippen molar-refractivity contribution in [2.45, 2.75) is 6.42 Å². The Hall–Kier alpha value is -1.66. The van der Waals surface area contributed by atoms with Gasteiger partial charge in [-0.3, -0.25) is 4.79 Å². The molecule has 1 aliphatic rings. The molecule has 2 rings (SSSR count). The molecule has 0 saturated heterocycles. The lowest BCUT2D eigenvalue weighted by Gasteiger charge is -1.92. The molecule has 12 heavy (non-hydrogen) atoms. The Morgan fingerprint density at radius 1 is 1.17 bits per heavy atom. The van der Waals surface area contributed by atoms with E-state index >= 15 is 0 Å². The van der Waals surface area contributed by atoms with Crippen LogP contribution in [0.25, 0.3) is 5.57 Å². The fourth-order valence-electron chi connectivity index (χ4n) is 1.43. The van der Waals surface area contributed by atoms with Gasteiger partial charge in [-0.25, -0.2) is 4.79 Å². The number of carbonyl (C=O) groups excluding carboxylic acids is 2. The molecule has 0 aliphatic heterocycles. The molecule has 0 unspecified atom stereocenters. The van der Waals surface area contributed by atoms with Gasteiger partial charge in [0.1, 0.15) is 5.94 Å². The van der Waals surface area contributed by atoms with E-state index < -0.39 is 0 Å². The van der Waals surface area contributed by atoms with Gasteiger partial charge in [0.15, 0.2) is 5.78 Å². The summed E-state index contributed by atoms with van der Waals surface area (Å²) >= 11 is 0. The Labute approximate surface area is 69.5 Å². The van der Waals surface area contributed by atoms with Gasteiger partial charge in [-0.2, -0.15) is 0 Å². The highest BCUT2D eigenvalue weighted by Crippen LogP contribution is 2.29. The molecule has 0 spiro atoms. The zero-order valence-electron chi connectivity index (χ0n) is 6.33. The average molecular weight is 158 g/mol. The fourth-order valence-corrected chi connectivity index (χ4v) is 1.43. The first-order valence-electron chi connectivity index (χ1n) is 3.69. The summed E-state index contributed by atoms with van der Waals surface area (Å²) in [5.41, 5.74) is 1.88. The molecule has 58 valence electrons. The number of fused-ring (bicyclic) bond motifs is 1. The molecular formula is C10H6O2. The van der Waals surface area contributed by atoms with Gasteiger partial charge >= 0.3 is 0 Å². The van der Waals surface area contributed by atoms with Crippen molar-refractivity contribution in [2.24, 2.45) is 0 Å². The third kappa shape index (κ3) is 0.825. The number of benzene rings is 1. The largest absolute Gasteiger partial charge is 0.294 e. The SMILES string of the molecule is O=C=C1CC(=O)c2ccccc21. The third-order valence-electron chi connectivity index (χ3n) is 2.01. The van der Waals surface area contributed by atoms with Gasteiger partial charge in [0.2, 0.25) is 0 Å². The highest BCUT2D eigenvalue weighted by Gasteiger charge is 2.23. The van der Waals surface area contributed by atoms with Crippen molar-refractivity contribution in [3.05, 3.63) is 35.4 Å². The number of Topliss-reactive ketones (excluding diaryl/α,β-unsaturated/α-hetero) is 1. The normalized spacial score (nSPS) is 14.3. The van der Waals surface area contributed by atoms with Gasteiger partial charge in [-0.1, -0.05) is 24.3 Å². The van der Waals surface area contributed by atoms with Crippen molar-refractivity contribution in [3.8, 4) is 0 Å². The molecule has 2 heteroatoms. The molecule has 1 aliphatic carbocycles. The van der Waals surface area contributed by atoms with Gasteiger partial charge in [0, 0.05) is 12.0 Å². The molecule has 0 fully saturated rings. The highest BCUT2D eigenvalue weighted by atomic mass is 16.1. The van der Waals surface area contributed by atoms with E-state index in [1.807, 2.05) is 6.07 Å². The molecule has 0 heterocycles. The Morgan fingerprint density at radius 2 is 1.83 bits per heavy atom. The van der Waals surface area contributed by atoms with E-state index in [2.05, 4.69) is 0 Å². The lowest BCUT2D eigenvalue weighted by Crippen LogP contribution is -1.88. The standard InChI is InChI=1S/C10H6O2/c11-6-7-5-10(12)9-4-2-1-3-8(7)9/h1-4H,5H2. The van der Waals surface area contributed by atoms with Gasteiger partial charge < -0.3 is 0 Å². The number of carbonyl (C=O) groups is 1. The number of hydrogen-bond acceptors (Lipinski definition) is 2. The maximum atomic E-state index is 11.2. The predicted octanol–water partition coefficient (Wildman–Crippen LogP) is 1.49. The molecular weight excluding hydrogens is 152 g/mol. The van der Waals surface area contributed by atoms with Crippen LogP contribution in [0.5, 0.6) is 0 Å². The van der Waals surface area contributed by atoms with E-state index in [-0.39, 0.29) is 12.2 Å². The quantitative estimate of drug-likeness (QED) is 0.536. The molecule has 0 bridgehead atoms. The van der Waals surface area contributed by atoms with E-state index in [4.69, 9.17) is 0 Å². The van der Waals surface area contributed by atoms with Crippen LogP contribution in [0.2, 0.25) is 0 Å². The number of ketones is 1. The molecule has 1 aromatic rings. The molecule has 0 amide bonds. The van der Waals surface area contributed by atoms with Gasteiger partial charge in [0.05, 0.1) is 5.57 Å². The van der Waals surface area contributed by atoms with E-state index in [0.29, 0.717) is 11.1 Å². The van der Waals surface area contributed by atoms with E-state index in [1.165, 1.54) is 0 Å². The second-order valence-corrected chi connectivity index (χ2v) is 2.73. The van der Waals surface area contributed by atoms with E-state index in [9.17, 15) is 9.59 Å². The summed E-state index contributed by atoms with van der Waals surface area (Å²) in [5.74, 6) is 1.81. The van der Waals surface area contributed by atoms with E-state index in [0.717, 1.165) is 5.56 Å². The minimum Gasteiger partial charge on any atom is -0.294 e. The smallest absolute Gasteiger partial charge is 0.168 e. The third-order valence-corrected chi connectivity index (χ3v) is 2.01. The highest BCUT2D eigenvalue weighted by molar-refractivity contribution is 6.16. The fraction of sp³-hybridized carbons (Fsp3) is 0.100. The number of rotatable bonds is 0. The Morgan fingerprint density at radius 3 is 2.50 bits per heavy atom. The van der Waals surface area contributed by atoms with Crippen LogP contribution in [0, 0.1) is 0 Å². The van der Waals surface area contributed by atoms with Crippen molar-refractivity contribution in [1.29, 1.82) is 0 Å². The Kier molecular flexibility index (Phi) is 1.42. The average Bonchev–Trinajstić information content (AvgIpc) is 2.44. The summed E-state index contributed by atoms with van der Waals surface area (Å²) in [7, 11) is 0. The predicted molar refractivity (Wildman–Crippen MR) is 44.5 cm³/mol. The lowest BCUT2D eigenvalue weighted by atomic mass is 10.1. The minimum absolute atomic E-state index is 0.0175. The van der Waals surface area contributed by atoms with Gasteiger partial charge in [-0.15, -0.1) is 0 Å². The Bertz CT molecular complexity index is 398. The first-order chi connectivity index (χ1) is 5.83. The number of allylic oxidation sites excluding steroid dienone is 1. The topological polar surface area (TPSA) is 34.1 Å². The molecule has 0 aromatic heterocycles. The zero-order valence-corrected chi connectivity index (χ0v) is 6.33. The molecule has 0 atom stereocenters. The van der Waals surface area contributed by atoms with Crippen molar-refractivity contribution < 1.29 is 9.59 Å². The van der Waals surface area contributed by atoms with Crippen LogP contribution in [0.4, 0.5) is 0 Å². The van der Waals surface area contributed by atoms with Crippen LogP contribution >= 0.6 is 0 Å². The molecule has 2 nitrogen and oxygen atoms in total. The summed E-state index contributed by atoms with van der Waals surface area (Å²) in [6.07, 6.45) is 0.211. The van der Waals surface area contributed by atoms with E-state index in [1.54, 1.807) is 24.1 Å². The molecule has 0 N–H and O–H groups in total. The van der Waals surface area contributed by atoms with Crippen molar-refractivity contribution >= 4 is 17.3 Å². The summed E-state index contributed by atoms with van der Waals surface area (Å²) < 4.78 is 0. The van der Waals surface area contributed by atoms with Crippen molar-refractivity contribution in [2.75, 3.05) is 0 Å². The van der Waals surface area contributed by atoms with Crippen LogP contribution in [-0.2, 0) is 4.79 Å². The maximum absolute atomic E-state index is 11.2. The second-order valence-electron chi connectivity index (χ2n) is 2.73. The minimum atomic E-state index is 0.0175. The van der Waals surface area contributed by atoms with Gasteiger partial charge in [-0.05, 0) is 5.56 Å². The number of hydrogen-bond donors (Lipinski definition) is 0. The first kappa shape index (κ1) is 7.01. The van der Waals surface area contributed by atoms with Crippen LogP contribution < -0.4 is 0 Å². The lowest BCUT2D eigenvalue weighted by molar-refractivity contribution is 0.100. The van der Waals surface area contributed by atoms with Crippen molar-refractivity contribution in [1.82, 2.24) is 0 Å². The molecule has 0 saturated carbocycles.